The predicted octanol–water partition coefficient (Wildman–Crippen LogP) is 3.65. The zero-order chi connectivity index (χ0) is 15.8. The Labute approximate surface area is 131 Å². The molecule has 0 saturated carbocycles. The van der Waals surface area contributed by atoms with Gasteiger partial charge < -0.3 is 9.64 Å². The van der Waals surface area contributed by atoms with Gasteiger partial charge in [-0.15, -0.1) is 0 Å². The maximum absolute atomic E-state index is 12.1. The molecule has 1 aromatic carbocycles. The second-order valence-corrected chi connectivity index (χ2v) is 6.84. The lowest BCUT2D eigenvalue weighted by molar-refractivity contribution is -0.385. The number of fused-ring (bicyclic) bond motifs is 1. The second kappa shape index (κ2) is 5.63. The summed E-state index contributed by atoms with van der Waals surface area (Å²) in [5, 5.41) is 10.9. The van der Waals surface area contributed by atoms with E-state index in [0.29, 0.717) is 24.0 Å². The highest BCUT2D eigenvalue weighted by Gasteiger charge is 2.27. The summed E-state index contributed by atoms with van der Waals surface area (Å²) in [5.74, 6) is 0. The number of nitro benzene ring substituents is 1. The number of carbonyl (C=O) groups excluding carboxylic acids is 1. The lowest BCUT2D eigenvalue weighted by Crippen LogP contribution is -2.39. The van der Waals surface area contributed by atoms with Gasteiger partial charge in [0.15, 0.2) is 0 Å². The standard InChI is InChI=1S/C14H17BrN2O4/c1-14(2,3)21-13(18)16-5-4-9-7-12(17(19)20)11(15)6-10(9)8-16/h6-7H,4-5,8H2,1-3H3. The second-order valence-electron chi connectivity index (χ2n) is 5.98. The van der Waals surface area contributed by atoms with Gasteiger partial charge in [0.05, 0.1) is 9.40 Å². The number of halogens is 1. The van der Waals surface area contributed by atoms with Gasteiger partial charge >= 0.3 is 6.09 Å². The fourth-order valence-corrected chi connectivity index (χ4v) is 2.72. The zero-order valence-electron chi connectivity index (χ0n) is 12.2. The molecular weight excluding hydrogens is 340 g/mol. The van der Waals surface area contributed by atoms with Gasteiger partial charge in [-0.25, -0.2) is 4.79 Å². The molecule has 0 aliphatic carbocycles. The molecule has 1 aliphatic rings. The maximum Gasteiger partial charge on any atom is 0.410 e. The molecule has 0 unspecified atom stereocenters. The van der Waals surface area contributed by atoms with E-state index in [-0.39, 0.29) is 11.8 Å². The van der Waals surface area contributed by atoms with Crippen molar-refractivity contribution in [2.75, 3.05) is 6.54 Å². The Kier molecular flexibility index (Phi) is 4.22. The summed E-state index contributed by atoms with van der Waals surface area (Å²) in [4.78, 5) is 24.2. The molecule has 1 amide bonds. The highest BCUT2D eigenvalue weighted by molar-refractivity contribution is 9.10. The Morgan fingerprint density at radius 3 is 2.62 bits per heavy atom. The monoisotopic (exact) mass is 356 g/mol. The molecule has 0 atom stereocenters. The van der Waals surface area contributed by atoms with Gasteiger partial charge in [-0.3, -0.25) is 10.1 Å². The van der Waals surface area contributed by atoms with Crippen molar-refractivity contribution in [1.29, 1.82) is 0 Å². The van der Waals surface area contributed by atoms with E-state index in [1.807, 2.05) is 20.8 Å². The Hall–Kier alpha value is -1.63. The van der Waals surface area contributed by atoms with Crippen LogP contribution < -0.4 is 0 Å². The first-order chi connectivity index (χ1) is 9.67. The van der Waals surface area contributed by atoms with Gasteiger partial charge in [-0.05, 0) is 60.3 Å². The molecular formula is C14H17BrN2O4. The minimum Gasteiger partial charge on any atom is -0.444 e. The number of ether oxygens (including phenoxy) is 1. The van der Waals surface area contributed by atoms with Crippen LogP contribution >= 0.6 is 15.9 Å². The summed E-state index contributed by atoms with van der Waals surface area (Å²) in [6.45, 7) is 6.37. The van der Waals surface area contributed by atoms with E-state index in [1.165, 1.54) is 0 Å². The number of hydrogen-bond donors (Lipinski definition) is 0. The number of carbonyl (C=O) groups is 1. The lowest BCUT2D eigenvalue weighted by atomic mass is 9.99. The smallest absolute Gasteiger partial charge is 0.410 e. The van der Waals surface area contributed by atoms with E-state index in [0.717, 1.165) is 11.1 Å². The number of nitrogens with zero attached hydrogens (tertiary/aromatic N) is 2. The van der Waals surface area contributed by atoms with E-state index in [9.17, 15) is 14.9 Å². The van der Waals surface area contributed by atoms with Crippen molar-refractivity contribution < 1.29 is 14.5 Å². The minimum absolute atomic E-state index is 0.0551. The van der Waals surface area contributed by atoms with E-state index >= 15 is 0 Å². The van der Waals surface area contributed by atoms with E-state index in [4.69, 9.17) is 4.74 Å². The van der Waals surface area contributed by atoms with Crippen molar-refractivity contribution in [2.45, 2.75) is 39.3 Å². The molecule has 0 radical (unpaired) electrons. The summed E-state index contributed by atoms with van der Waals surface area (Å²) < 4.78 is 5.78. The van der Waals surface area contributed by atoms with E-state index in [1.54, 1.807) is 17.0 Å². The minimum atomic E-state index is -0.534. The number of amides is 1. The number of benzene rings is 1. The molecule has 114 valence electrons. The van der Waals surface area contributed by atoms with Gasteiger partial charge in [0.1, 0.15) is 5.60 Å². The zero-order valence-corrected chi connectivity index (χ0v) is 13.8. The Morgan fingerprint density at radius 2 is 2.05 bits per heavy atom. The van der Waals surface area contributed by atoms with Crippen molar-refractivity contribution in [1.82, 2.24) is 4.90 Å². The van der Waals surface area contributed by atoms with Crippen LogP contribution in [0.1, 0.15) is 31.9 Å². The van der Waals surface area contributed by atoms with Gasteiger partial charge in [-0.2, -0.15) is 0 Å². The number of rotatable bonds is 1. The molecule has 21 heavy (non-hydrogen) atoms. The Balaban J connectivity index is 2.19. The Morgan fingerprint density at radius 1 is 1.38 bits per heavy atom. The van der Waals surface area contributed by atoms with Gasteiger partial charge in [0.2, 0.25) is 0 Å². The quantitative estimate of drug-likeness (QED) is 0.568. The first-order valence-corrected chi connectivity index (χ1v) is 7.40. The predicted molar refractivity (Wildman–Crippen MR) is 81.1 cm³/mol. The third-order valence-electron chi connectivity index (χ3n) is 3.13. The van der Waals surface area contributed by atoms with Crippen molar-refractivity contribution in [3.05, 3.63) is 37.8 Å². The topological polar surface area (TPSA) is 72.7 Å². The van der Waals surface area contributed by atoms with Crippen LogP contribution in [0.3, 0.4) is 0 Å². The van der Waals surface area contributed by atoms with Crippen LogP contribution in [-0.2, 0) is 17.7 Å². The number of hydrogen-bond acceptors (Lipinski definition) is 4. The average Bonchev–Trinajstić information content (AvgIpc) is 2.34. The molecule has 1 aromatic rings. The fourth-order valence-electron chi connectivity index (χ4n) is 2.19. The van der Waals surface area contributed by atoms with E-state index < -0.39 is 10.5 Å². The normalized spacial score (nSPS) is 14.6. The van der Waals surface area contributed by atoms with E-state index in [2.05, 4.69) is 15.9 Å². The third-order valence-corrected chi connectivity index (χ3v) is 3.76. The number of nitro groups is 1. The van der Waals surface area contributed by atoms with Crippen LogP contribution in [0.2, 0.25) is 0 Å². The first kappa shape index (κ1) is 15.8. The molecule has 2 rings (SSSR count). The van der Waals surface area contributed by atoms with Crippen LogP contribution in [-0.4, -0.2) is 28.1 Å². The summed E-state index contributed by atoms with van der Waals surface area (Å²) in [6, 6.07) is 3.29. The van der Waals surface area contributed by atoms with Gasteiger partial charge in [0, 0.05) is 19.2 Å². The third kappa shape index (κ3) is 3.72. The summed E-state index contributed by atoms with van der Waals surface area (Å²) in [6.07, 6.45) is 0.227. The van der Waals surface area contributed by atoms with Crippen molar-refractivity contribution in [3.63, 3.8) is 0 Å². The first-order valence-electron chi connectivity index (χ1n) is 6.61. The molecule has 1 aliphatic heterocycles. The molecule has 0 spiro atoms. The molecule has 0 aromatic heterocycles. The molecule has 0 N–H and O–H groups in total. The largest absolute Gasteiger partial charge is 0.444 e. The van der Waals surface area contributed by atoms with Crippen molar-refractivity contribution in [2.24, 2.45) is 0 Å². The lowest BCUT2D eigenvalue weighted by Gasteiger charge is -2.31. The Bertz CT molecular complexity index is 595. The van der Waals surface area contributed by atoms with Crippen LogP contribution in [0.25, 0.3) is 0 Å². The average molecular weight is 357 g/mol. The molecule has 1 heterocycles. The molecule has 6 nitrogen and oxygen atoms in total. The molecule has 7 heteroatoms. The molecule has 0 bridgehead atoms. The van der Waals surface area contributed by atoms with Crippen molar-refractivity contribution in [3.8, 4) is 0 Å². The summed E-state index contributed by atoms with van der Waals surface area (Å²) in [7, 11) is 0. The molecule has 0 saturated heterocycles. The highest BCUT2D eigenvalue weighted by Crippen LogP contribution is 2.31. The van der Waals surface area contributed by atoms with Crippen LogP contribution in [0, 0.1) is 10.1 Å². The summed E-state index contributed by atoms with van der Waals surface area (Å²) in [5.41, 5.74) is 1.33. The van der Waals surface area contributed by atoms with Crippen LogP contribution in [0.4, 0.5) is 10.5 Å². The maximum atomic E-state index is 12.1. The van der Waals surface area contributed by atoms with Gasteiger partial charge in [-0.1, -0.05) is 0 Å². The fraction of sp³-hybridized carbons (Fsp3) is 0.500. The SMILES string of the molecule is CC(C)(C)OC(=O)N1CCc2cc([N+](=O)[O-])c(Br)cc2C1. The van der Waals surface area contributed by atoms with Crippen molar-refractivity contribution >= 4 is 27.7 Å². The van der Waals surface area contributed by atoms with Crippen LogP contribution in [0.5, 0.6) is 0 Å². The van der Waals surface area contributed by atoms with Crippen LogP contribution in [0.15, 0.2) is 16.6 Å². The highest BCUT2D eigenvalue weighted by atomic mass is 79.9. The summed E-state index contributed by atoms with van der Waals surface area (Å²) >= 11 is 3.21. The van der Waals surface area contributed by atoms with Gasteiger partial charge in [0.25, 0.3) is 5.69 Å². The molecule has 0 fully saturated rings.